The molecule has 5 aromatic carbocycles. The van der Waals surface area contributed by atoms with Crippen LogP contribution in [-0.4, -0.2) is 171 Å². The minimum absolute atomic E-state index is 0.000613. The van der Waals surface area contributed by atoms with Crippen molar-refractivity contribution in [3.8, 4) is 0 Å². The van der Waals surface area contributed by atoms with E-state index in [1.165, 1.54) is 23.2 Å². The van der Waals surface area contributed by atoms with E-state index in [-0.39, 0.29) is 29.4 Å². The van der Waals surface area contributed by atoms with Crippen molar-refractivity contribution in [3.05, 3.63) is 189 Å². The van der Waals surface area contributed by atoms with Gasteiger partial charge in [0, 0.05) is 71.6 Å². The summed E-state index contributed by atoms with van der Waals surface area (Å²) in [5.41, 5.74) is 40.5. The highest BCUT2D eigenvalue weighted by atomic mass is 32.2. The summed E-state index contributed by atoms with van der Waals surface area (Å²) in [6, 6.07) is 40.0. The number of fused-ring (bicyclic) bond motifs is 16. The zero-order valence-electron chi connectivity index (χ0n) is 75.9. The maximum Gasteiger partial charge on any atom is 0.333 e. The van der Waals surface area contributed by atoms with Crippen molar-refractivity contribution < 1.29 is 38.3 Å². The van der Waals surface area contributed by atoms with Crippen LogP contribution >= 0.6 is 11.3 Å². The number of hydrogen-bond acceptors (Lipinski definition) is 28. The summed E-state index contributed by atoms with van der Waals surface area (Å²) < 4.78 is 45.5. The summed E-state index contributed by atoms with van der Waals surface area (Å²) in [5, 5.41) is 50.7. The number of sulfone groups is 1. The molecule has 0 spiro atoms. The Hall–Kier alpha value is -12.5. The van der Waals surface area contributed by atoms with Crippen molar-refractivity contribution in [2.45, 2.75) is 210 Å². The van der Waals surface area contributed by atoms with Gasteiger partial charge in [0.05, 0.1) is 108 Å². The number of aromatic amines is 1. The van der Waals surface area contributed by atoms with Gasteiger partial charge in [-0.25, -0.2) is 62.6 Å². The number of unbranched alkanes of at least 4 members (excludes halogenated alkanes) is 2. The van der Waals surface area contributed by atoms with Crippen LogP contribution in [0.2, 0.25) is 0 Å². The smallest absolute Gasteiger partial charge is 0.333 e. The number of thiazole rings is 1. The number of imidazole rings is 5. The number of aliphatic hydroxyl groups is 4. The van der Waals surface area contributed by atoms with Crippen LogP contribution in [-0.2, 0) is 78.0 Å². The lowest BCUT2D eigenvalue weighted by atomic mass is 10.1. The van der Waals surface area contributed by atoms with Gasteiger partial charge in [0.25, 0.3) is 5.56 Å². The number of aliphatic hydroxyl groups excluding tert-OH is 2. The monoisotopic (exact) mass is 1810 g/mol. The number of nitrogen functional groups attached to an aromatic ring is 5. The Bertz CT molecular complexity index is 7060. The van der Waals surface area contributed by atoms with Crippen molar-refractivity contribution in [3.63, 3.8) is 0 Å². The third kappa shape index (κ3) is 21.0. The Morgan fingerprint density at radius 2 is 1.09 bits per heavy atom. The number of para-hydroxylation sites is 5. The summed E-state index contributed by atoms with van der Waals surface area (Å²) in [6.45, 7) is 32.3. The average molecular weight is 1810 g/mol. The molecule has 12 aromatic heterocycles. The van der Waals surface area contributed by atoms with Crippen molar-refractivity contribution in [1.82, 2.24) is 92.5 Å². The van der Waals surface area contributed by atoms with Gasteiger partial charge < -0.3 is 82.2 Å². The van der Waals surface area contributed by atoms with Crippen LogP contribution in [0.15, 0.2) is 150 Å². The fraction of sp³-hybridized carbons (Fsp3) is 0.394. The molecule has 4 atom stereocenters. The second kappa shape index (κ2) is 40.6. The summed E-state index contributed by atoms with van der Waals surface area (Å²) in [4.78, 5) is 76.8. The van der Waals surface area contributed by atoms with E-state index in [0.29, 0.717) is 85.9 Å². The number of aromatic nitrogens is 18. The molecule has 17 aromatic rings. The van der Waals surface area contributed by atoms with Crippen molar-refractivity contribution in [2.75, 3.05) is 53.8 Å². The number of rotatable bonds is 25. The van der Waals surface area contributed by atoms with E-state index in [9.17, 15) is 38.4 Å². The molecule has 1 fully saturated rings. The molecule has 130 heavy (non-hydrogen) atoms. The molecule has 1 saturated heterocycles. The Labute approximate surface area is 755 Å². The summed E-state index contributed by atoms with van der Waals surface area (Å²) in [5.74, 6) is 5.09. The van der Waals surface area contributed by atoms with Gasteiger partial charge >= 0.3 is 5.69 Å². The molecule has 18 rings (SSSR count). The molecule has 1 aliphatic heterocycles. The molecule has 34 nitrogen and oxygen atoms in total. The first-order valence-corrected chi connectivity index (χ1v) is 46.7. The molecule has 1 aliphatic rings. The van der Waals surface area contributed by atoms with E-state index in [4.69, 9.17) is 43.1 Å². The van der Waals surface area contributed by atoms with Gasteiger partial charge in [0.2, 0.25) is 5.95 Å². The molecule has 16 N–H and O–H groups in total. The standard InChI is InChI=1S/C18H24N4O2S.C17H23N5O.C17H22N4O2.C15H17N3.C14H19N5O5.C13H13N3S/c1-3-15-21-16-17(13-9-5-6-10-14(13)20-18(16)19)22(15)11-7-4-8-12-25(2,23)24;1-4-19-9-13-21-14-15(22(13)10-17(2,3)23)11-7-5-6-8-12(11)20-16(14)18;1-4-23-9-13-20-14-15(21(13)10-17(2,3)22)11-7-5-6-8-12(11)19-16(14)18;1-10(2)8-18-9-16-14-11(3)17-13-7-5-4-6-12(13)15(14)18;1-3-5-18-7-10(16-13(15)17-11(7)22)19(14(18)23)12-9(21)8(20)6(4-2)24-12;1-2-5-10-16-11-12(17-10)8-6-3-4-7-9(8)15-13(11)14/h5-6,9-10H,3-4,7-8,11-12H2,1-2H3,(H2,19,20);5-8,19,23H,4,9-10H2,1-3H3,(H2,18,20);5-8,22H,4,9-10H2,1-3H3,(H2,18,19);4-7,9-10H,8H2,1-3H3;3,6,8-9,12,20-21H,1,4-5H2,2H3,(H3,15,16,17,22);3-4,6-7H,2,5H2,1H3,(H2,14,15)/t;;;;6-,8-,9-,12-;/m....1./s1. The third-order valence-corrected chi connectivity index (χ3v) is 24.1. The fourth-order valence-corrected chi connectivity index (χ4v) is 18.2. The quantitative estimate of drug-likeness (QED) is 0.0187. The first-order valence-electron chi connectivity index (χ1n) is 43.9. The van der Waals surface area contributed by atoms with E-state index >= 15 is 0 Å². The van der Waals surface area contributed by atoms with Gasteiger partial charge in [-0.15, -0.1) is 17.9 Å². The molecule has 686 valence electrons. The van der Waals surface area contributed by atoms with E-state index < -0.39 is 56.8 Å². The number of nitrogens with one attached hydrogen (secondary N) is 2. The number of ether oxygens (including phenoxy) is 2. The fourth-order valence-electron chi connectivity index (χ4n) is 16.3. The van der Waals surface area contributed by atoms with E-state index in [1.54, 1.807) is 46.0 Å². The number of anilines is 5. The molecular weight excluding hydrogens is 1690 g/mol. The number of aryl methyl sites for hydroxylation is 4. The maximum absolute atomic E-state index is 12.7. The third-order valence-electron chi connectivity index (χ3n) is 21.9. The number of allylic oxidation sites excluding steroid dienone is 1. The Morgan fingerprint density at radius 3 is 1.58 bits per heavy atom. The van der Waals surface area contributed by atoms with Crippen LogP contribution in [0.25, 0.3) is 120 Å². The molecule has 0 saturated carbocycles. The van der Waals surface area contributed by atoms with Gasteiger partial charge in [-0.2, -0.15) is 4.98 Å². The number of benzene rings is 5. The summed E-state index contributed by atoms with van der Waals surface area (Å²) >= 11 is 1.73. The zero-order valence-corrected chi connectivity index (χ0v) is 77.5. The molecule has 0 unspecified atom stereocenters. The highest BCUT2D eigenvalue weighted by Gasteiger charge is 2.45. The predicted octanol–water partition coefficient (Wildman–Crippen LogP) is 13.1. The number of hydrogen-bond donors (Lipinski definition) is 11. The predicted molar refractivity (Wildman–Crippen MR) is 520 cm³/mol. The van der Waals surface area contributed by atoms with Crippen LogP contribution in [0.5, 0.6) is 0 Å². The molecule has 0 aliphatic carbocycles. The van der Waals surface area contributed by atoms with E-state index in [0.717, 1.165) is 176 Å². The van der Waals surface area contributed by atoms with Crippen molar-refractivity contribution >= 4 is 170 Å². The number of nitrogens with zero attached hydrogens (tertiary/aromatic N) is 17. The second-order valence-electron chi connectivity index (χ2n) is 34.0. The van der Waals surface area contributed by atoms with Gasteiger partial charge in [0.15, 0.2) is 40.7 Å². The SMILES string of the molecule is C=CCn1c(=O)n([C@@H]2O[C@H](CC)[C@@H](O)[C@H]2O)c2nc(N)[nH]c(=O)c21.CCCc1nc2c(N)nc3ccccc3c2s1.CCNCc1nc2c(N)nc3ccccc3c2n1CC(C)(C)O.CCOCc1nc2c(N)nc3ccccc3c2n1CC(C)(C)O.CCc1nc2c(N)nc3ccccc3c2n1CCCCCS(C)(=O)=O.Cc1nc2ccccc2c2c1ncn2CC(C)C. The van der Waals surface area contributed by atoms with Crippen LogP contribution in [0, 0.1) is 12.8 Å². The Kier molecular flexibility index (Phi) is 29.7. The first kappa shape index (κ1) is 95.1. The van der Waals surface area contributed by atoms with E-state index in [2.05, 4.69) is 132 Å². The highest BCUT2D eigenvalue weighted by molar-refractivity contribution is 7.90. The maximum atomic E-state index is 12.7. The highest BCUT2D eigenvalue weighted by Crippen LogP contribution is 2.38. The summed E-state index contributed by atoms with van der Waals surface area (Å²) in [6.07, 6.45) is 6.23. The van der Waals surface area contributed by atoms with Crippen molar-refractivity contribution in [2.24, 2.45) is 5.92 Å². The van der Waals surface area contributed by atoms with Gasteiger partial charge in [-0.05, 0) is 116 Å². The molecule has 13 heterocycles. The number of nitrogens with two attached hydrogens (primary N) is 5. The van der Waals surface area contributed by atoms with Gasteiger partial charge in [-0.1, -0.05) is 145 Å². The lowest BCUT2D eigenvalue weighted by Gasteiger charge is -2.20. The molecule has 0 radical (unpaired) electrons. The zero-order chi connectivity index (χ0) is 93.4. The number of pyridine rings is 5. The van der Waals surface area contributed by atoms with Gasteiger partial charge in [-0.3, -0.25) is 19.3 Å². The minimum Gasteiger partial charge on any atom is -0.389 e. The lowest BCUT2D eigenvalue weighted by molar-refractivity contribution is -0.0376. The van der Waals surface area contributed by atoms with Crippen LogP contribution < -0.4 is 45.2 Å². The molecular formula is C94H118N24O10S2. The lowest BCUT2D eigenvalue weighted by Crippen LogP contribution is -2.35. The Balaban J connectivity index is 0.000000134. The average Bonchev–Trinajstić information content (AvgIpc) is 1.63. The normalized spacial score (nSPS) is 14.8. The molecule has 0 amide bonds. The molecule has 0 bridgehead atoms. The summed E-state index contributed by atoms with van der Waals surface area (Å²) in [7, 11) is -2.88. The van der Waals surface area contributed by atoms with Crippen molar-refractivity contribution in [1.29, 1.82) is 0 Å². The topological polar surface area (TPSA) is 497 Å². The molecule has 36 heteroatoms. The second-order valence-corrected chi connectivity index (χ2v) is 37.4. The van der Waals surface area contributed by atoms with Gasteiger partial charge in [0.1, 0.15) is 73.7 Å². The largest absolute Gasteiger partial charge is 0.389 e. The van der Waals surface area contributed by atoms with Crippen LogP contribution in [0.4, 0.5) is 29.2 Å². The minimum atomic E-state index is -2.88. The number of H-pyrrole nitrogens is 1. The van der Waals surface area contributed by atoms with E-state index in [1.807, 2.05) is 129 Å². The van der Waals surface area contributed by atoms with Crippen LogP contribution in [0.3, 0.4) is 0 Å². The Morgan fingerprint density at radius 1 is 0.600 bits per heavy atom. The first-order chi connectivity index (χ1) is 62.1. The van der Waals surface area contributed by atoms with Crippen LogP contribution in [0.1, 0.15) is 143 Å².